The molecule has 0 saturated heterocycles. The van der Waals surface area contributed by atoms with Crippen LogP contribution >= 0.6 is 0 Å². The molecule has 1 unspecified atom stereocenters. The van der Waals surface area contributed by atoms with Crippen LogP contribution in [0.4, 0.5) is 0 Å². The van der Waals surface area contributed by atoms with Crippen molar-refractivity contribution in [3.05, 3.63) is 18.2 Å². The van der Waals surface area contributed by atoms with Gasteiger partial charge in [0.1, 0.15) is 5.82 Å². The zero-order valence-electron chi connectivity index (χ0n) is 11.9. The summed E-state index contributed by atoms with van der Waals surface area (Å²) in [4.78, 5) is 4.49. The van der Waals surface area contributed by atoms with Gasteiger partial charge in [-0.05, 0) is 31.1 Å². The molecule has 2 rings (SSSR count). The lowest BCUT2D eigenvalue weighted by Crippen LogP contribution is -2.41. The average Bonchev–Trinajstić information content (AvgIpc) is 3.00. The van der Waals surface area contributed by atoms with Crippen LogP contribution in [0.25, 0.3) is 0 Å². The first-order chi connectivity index (χ1) is 8.72. The van der Waals surface area contributed by atoms with Gasteiger partial charge in [0.05, 0.1) is 0 Å². The first kappa shape index (κ1) is 13.6. The highest BCUT2D eigenvalue weighted by Crippen LogP contribution is 2.43. The molecule has 0 radical (unpaired) electrons. The molecule has 102 valence electrons. The number of aromatic nitrogens is 2. The van der Waals surface area contributed by atoms with E-state index < -0.39 is 0 Å². The lowest BCUT2D eigenvalue weighted by atomic mass is 9.75. The molecular formula is C15H27N3. The Labute approximate surface area is 111 Å². The Morgan fingerprint density at radius 2 is 2.11 bits per heavy atom. The fourth-order valence-electron chi connectivity index (χ4n) is 3.45. The molecule has 1 aromatic heterocycles. The van der Waals surface area contributed by atoms with Crippen molar-refractivity contribution in [2.45, 2.75) is 71.4 Å². The number of hydrogen-bond acceptors (Lipinski definition) is 2. The number of nitrogens with zero attached hydrogens (tertiary/aromatic N) is 2. The summed E-state index contributed by atoms with van der Waals surface area (Å²) < 4.78 is 2.26. The van der Waals surface area contributed by atoms with Crippen LogP contribution in [0, 0.1) is 5.41 Å². The van der Waals surface area contributed by atoms with Gasteiger partial charge in [0.25, 0.3) is 0 Å². The SMILES string of the molecule is CCCn1ccnc1CC(N)C1(CC)CCCC1. The van der Waals surface area contributed by atoms with Crippen LogP contribution in [0.1, 0.15) is 58.2 Å². The lowest BCUT2D eigenvalue weighted by Gasteiger charge is -2.34. The third kappa shape index (κ3) is 2.61. The first-order valence-electron chi connectivity index (χ1n) is 7.47. The van der Waals surface area contributed by atoms with E-state index in [1.165, 1.54) is 37.9 Å². The standard InChI is InChI=1S/C15H27N3/c1-3-10-18-11-9-17-14(18)12-13(16)15(4-2)7-5-6-8-15/h9,11,13H,3-8,10,12,16H2,1-2H3. The van der Waals surface area contributed by atoms with Gasteiger partial charge in [-0.15, -0.1) is 0 Å². The molecule has 1 aromatic rings. The van der Waals surface area contributed by atoms with Crippen molar-refractivity contribution < 1.29 is 0 Å². The summed E-state index contributed by atoms with van der Waals surface area (Å²) in [5.74, 6) is 1.17. The molecule has 2 N–H and O–H groups in total. The van der Waals surface area contributed by atoms with E-state index in [4.69, 9.17) is 5.73 Å². The molecule has 0 amide bonds. The van der Waals surface area contributed by atoms with E-state index in [0.717, 1.165) is 19.4 Å². The quantitative estimate of drug-likeness (QED) is 0.841. The maximum absolute atomic E-state index is 6.53. The van der Waals surface area contributed by atoms with Crippen molar-refractivity contribution in [2.24, 2.45) is 11.1 Å². The van der Waals surface area contributed by atoms with E-state index in [0.29, 0.717) is 5.41 Å². The Balaban J connectivity index is 2.05. The van der Waals surface area contributed by atoms with Crippen molar-refractivity contribution in [1.29, 1.82) is 0 Å². The Hall–Kier alpha value is -0.830. The maximum atomic E-state index is 6.53. The summed E-state index contributed by atoms with van der Waals surface area (Å²) in [5, 5.41) is 0. The third-order valence-electron chi connectivity index (χ3n) is 4.76. The number of aryl methyl sites for hydroxylation is 1. The van der Waals surface area contributed by atoms with E-state index in [2.05, 4.69) is 29.6 Å². The lowest BCUT2D eigenvalue weighted by molar-refractivity contribution is 0.215. The smallest absolute Gasteiger partial charge is 0.110 e. The van der Waals surface area contributed by atoms with Crippen LogP contribution in [-0.2, 0) is 13.0 Å². The minimum absolute atomic E-state index is 0.267. The molecule has 0 aliphatic heterocycles. The fraction of sp³-hybridized carbons (Fsp3) is 0.800. The summed E-state index contributed by atoms with van der Waals surface area (Å²) in [6.07, 6.45) is 12.6. The van der Waals surface area contributed by atoms with Gasteiger partial charge in [-0.2, -0.15) is 0 Å². The van der Waals surface area contributed by atoms with Crippen LogP contribution in [0.15, 0.2) is 12.4 Å². The molecule has 1 saturated carbocycles. The molecule has 0 aromatic carbocycles. The van der Waals surface area contributed by atoms with Crippen LogP contribution in [0.5, 0.6) is 0 Å². The number of hydrogen-bond donors (Lipinski definition) is 1. The van der Waals surface area contributed by atoms with Crippen LogP contribution in [-0.4, -0.2) is 15.6 Å². The van der Waals surface area contributed by atoms with E-state index in [1.807, 2.05) is 6.20 Å². The van der Waals surface area contributed by atoms with Crippen LogP contribution in [0.3, 0.4) is 0 Å². The average molecular weight is 249 g/mol. The van der Waals surface area contributed by atoms with Crippen LogP contribution in [0.2, 0.25) is 0 Å². The number of rotatable bonds is 6. The van der Waals surface area contributed by atoms with Crippen molar-refractivity contribution in [3.8, 4) is 0 Å². The zero-order chi connectivity index (χ0) is 13.0. The Morgan fingerprint density at radius 1 is 1.39 bits per heavy atom. The highest BCUT2D eigenvalue weighted by Gasteiger charge is 2.38. The molecule has 1 atom stereocenters. The van der Waals surface area contributed by atoms with Crippen molar-refractivity contribution in [1.82, 2.24) is 9.55 Å². The van der Waals surface area contributed by atoms with Gasteiger partial charge in [-0.1, -0.05) is 26.7 Å². The van der Waals surface area contributed by atoms with Gasteiger partial charge in [0.15, 0.2) is 0 Å². The molecule has 18 heavy (non-hydrogen) atoms. The molecular weight excluding hydrogens is 222 g/mol. The first-order valence-corrected chi connectivity index (χ1v) is 7.47. The minimum atomic E-state index is 0.267. The second-order valence-corrected chi connectivity index (χ2v) is 5.77. The summed E-state index contributed by atoms with van der Waals surface area (Å²) in [7, 11) is 0. The largest absolute Gasteiger partial charge is 0.335 e. The summed E-state index contributed by atoms with van der Waals surface area (Å²) in [6.45, 7) is 5.55. The minimum Gasteiger partial charge on any atom is -0.335 e. The van der Waals surface area contributed by atoms with Crippen molar-refractivity contribution in [3.63, 3.8) is 0 Å². The van der Waals surface area contributed by atoms with Crippen molar-refractivity contribution >= 4 is 0 Å². The second-order valence-electron chi connectivity index (χ2n) is 5.77. The monoisotopic (exact) mass is 249 g/mol. The summed E-state index contributed by atoms with van der Waals surface area (Å²) >= 11 is 0. The molecule has 1 aliphatic rings. The normalized spacial score (nSPS) is 20.2. The topological polar surface area (TPSA) is 43.8 Å². The van der Waals surface area contributed by atoms with Crippen LogP contribution < -0.4 is 5.73 Å². The van der Waals surface area contributed by atoms with Gasteiger partial charge < -0.3 is 10.3 Å². The van der Waals surface area contributed by atoms with Gasteiger partial charge >= 0.3 is 0 Å². The van der Waals surface area contributed by atoms with E-state index in [-0.39, 0.29) is 6.04 Å². The molecule has 1 fully saturated rings. The molecule has 1 aliphatic carbocycles. The molecule has 3 nitrogen and oxygen atoms in total. The van der Waals surface area contributed by atoms with Gasteiger partial charge in [-0.25, -0.2) is 4.98 Å². The highest BCUT2D eigenvalue weighted by molar-refractivity contribution is 5.01. The highest BCUT2D eigenvalue weighted by atomic mass is 15.1. The van der Waals surface area contributed by atoms with Gasteiger partial charge in [0.2, 0.25) is 0 Å². The summed E-state index contributed by atoms with van der Waals surface area (Å²) in [5.41, 5.74) is 6.91. The fourth-order valence-corrected chi connectivity index (χ4v) is 3.45. The number of nitrogens with two attached hydrogens (primary N) is 1. The summed E-state index contributed by atoms with van der Waals surface area (Å²) in [6, 6.07) is 0.267. The van der Waals surface area contributed by atoms with E-state index in [9.17, 15) is 0 Å². The Bertz CT molecular complexity index is 364. The zero-order valence-corrected chi connectivity index (χ0v) is 11.9. The molecule has 1 heterocycles. The predicted octanol–water partition coefficient (Wildman–Crippen LogP) is 3.13. The number of imidazole rings is 1. The van der Waals surface area contributed by atoms with E-state index in [1.54, 1.807) is 0 Å². The molecule has 0 bridgehead atoms. The predicted molar refractivity (Wildman–Crippen MR) is 75.4 cm³/mol. The van der Waals surface area contributed by atoms with E-state index >= 15 is 0 Å². The third-order valence-corrected chi connectivity index (χ3v) is 4.76. The van der Waals surface area contributed by atoms with Gasteiger partial charge in [0, 0.05) is 31.4 Å². The Morgan fingerprint density at radius 3 is 2.72 bits per heavy atom. The Kier molecular flexibility index (Phi) is 4.44. The van der Waals surface area contributed by atoms with Crippen molar-refractivity contribution in [2.75, 3.05) is 0 Å². The van der Waals surface area contributed by atoms with Gasteiger partial charge in [-0.3, -0.25) is 0 Å². The maximum Gasteiger partial charge on any atom is 0.110 e. The second kappa shape index (κ2) is 5.87. The molecule has 3 heteroatoms. The molecule has 0 spiro atoms.